The summed E-state index contributed by atoms with van der Waals surface area (Å²) in [6, 6.07) is -1.52. The Morgan fingerprint density at radius 1 is 0.391 bits per heavy atom. The quantitative estimate of drug-likeness (QED) is 0.0301. The lowest BCUT2D eigenvalue weighted by molar-refractivity contribution is -0.161. The van der Waals surface area contributed by atoms with Gasteiger partial charge in [0.2, 0.25) is 0 Å². The van der Waals surface area contributed by atoms with Gasteiger partial charge in [-0.1, -0.05) is 290 Å². The van der Waals surface area contributed by atoms with Crippen LogP contribution in [-0.2, 0) is 37.5 Å². The minimum atomic E-state index is -4.72. The standard InChI is InChI=1S/C57H112NO10P/c1-3-5-7-9-11-13-15-17-19-21-23-25-27-29-31-33-35-37-39-41-43-45-47-49-56(60)68-53(51-66-69(63,64)67-52-54(58)57(61)62)50-65-55(59)48-46-44-42-40-38-36-34-32-30-28-26-24-22-20-18-16-14-12-10-8-6-4-2/h53-54H,3-52,58H2,1-2H3,(H,61,62)(H,63,64). The molecule has 11 nitrogen and oxygen atoms in total. The molecule has 0 saturated carbocycles. The summed E-state index contributed by atoms with van der Waals surface area (Å²) in [5.74, 6) is -2.34. The van der Waals surface area contributed by atoms with Crippen LogP contribution in [0.1, 0.15) is 316 Å². The highest BCUT2D eigenvalue weighted by Gasteiger charge is 2.28. The SMILES string of the molecule is CCCCCCCCCCCCCCCCCCCCCCCCCC(=O)OC(COC(=O)CCCCCCCCCCCCCCCCCCCCCCCC)COP(=O)(O)OCC(N)C(=O)O. The van der Waals surface area contributed by atoms with Crippen LogP contribution in [0.3, 0.4) is 0 Å². The van der Waals surface area contributed by atoms with Crippen molar-refractivity contribution in [2.75, 3.05) is 19.8 Å². The van der Waals surface area contributed by atoms with Crippen molar-refractivity contribution in [3.05, 3.63) is 0 Å². The average molecular weight is 1000 g/mol. The molecule has 0 heterocycles. The van der Waals surface area contributed by atoms with E-state index in [1.165, 1.54) is 238 Å². The molecule has 0 spiro atoms. The minimum absolute atomic E-state index is 0.171. The number of hydrogen-bond donors (Lipinski definition) is 3. The molecule has 3 atom stereocenters. The van der Waals surface area contributed by atoms with Gasteiger partial charge in [-0.15, -0.1) is 0 Å². The number of nitrogens with two attached hydrogens (primary N) is 1. The molecule has 0 aromatic rings. The van der Waals surface area contributed by atoms with E-state index in [0.717, 1.165) is 38.5 Å². The zero-order valence-electron chi connectivity index (χ0n) is 45.2. The van der Waals surface area contributed by atoms with E-state index in [4.69, 9.17) is 29.4 Å². The summed E-state index contributed by atoms with van der Waals surface area (Å²) in [7, 11) is -4.72. The number of esters is 2. The molecule has 4 N–H and O–H groups in total. The first-order valence-corrected chi connectivity index (χ1v) is 31.1. The number of carbonyl (C=O) groups is 3. The molecule has 0 bridgehead atoms. The number of rotatable bonds is 57. The van der Waals surface area contributed by atoms with Gasteiger partial charge in [0.15, 0.2) is 6.10 Å². The van der Waals surface area contributed by atoms with Gasteiger partial charge in [0.05, 0.1) is 13.2 Å². The number of phosphoric ester groups is 1. The maximum absolute atomic E-state index is 12.7. The molecule has 0 rings (SSSR count). The highest BCUT2D eigenvalue weighted by molar-refractivity contribution is 7.47. The van der Waals surface area contributed by atoms with Crippen LogP contribution in [0.15, 0.2) is 0 Å². The van der Waals surface area contributed by atoms with E-state index in [1.807, 2.05) is 0 Å². The van der Waals surface area contributed by atoms with Crippen molar-refractivity contribution in [3.63, 3.8) is 0 Å². The molecule has 410 valence electrons. The van der Waals surface area contributed by atoms with E-state index in [9.17, 15) is 23.8 Å². The first-order chi connectivity index (χ1) is 33.6. The van der Waals surface area contributed by atoms with Gasteiger partial charge in [-0.05, 0) is 12.8 Å². The zero-order chi connectivity index (χ0) is 50.6. The molecule has 0 saturated heterocycles. The van der Waals surface area contributed by atoms with E-state index >= 15 is 0 Å². The van der Waals surface area contributed by atoms with Crippen LogP contribution in [0.2, 0.25) is 0 Å². The second kappa shape index (κ2) is 52.8. The lowest BCUT2D eigenvalue weighted by atomic mass is 10.0. The second-order valence-corrected chi connectivity index (χ2v) is 22.0. The Labute approximate surface area is 425 Å². The molecule has 0 aliphatic rings. The third kappa shape index (κ3) is 52.6. The van der Waals surface area contributed by atoms with Crippen molar-refractivity contribution in [2.24, 2.45) is 5.73 Å². The Hall–Kier alpha value is -1.52. The largest absolute Gasteiger partial charge is 0.480 e. The Morgan fingerprint density at radius 3 is 0.913 bits per heavy atom. The van der Waals surface area contributed by atoms with Gasteiger partial charge in [0.1, 0.15) is 12.6 Å². The smallest absolute Gasteiger partial charge is 0.472 e. The van der Waals surface area contributed by atoms with E-state index in [2.05, 4.69) is 13.8 Å². The summed E-state index contributed by atoms with van der Waals surface area (Å²) < 4.78 is 33.0. The predicted molar refractivity (Wildman–Crippen MR) is 287 cm³/mol. The van der Waals surface area contributed by atoms with Crippen LogP contribution in [-0.4, -0.2) is 59.9 Å². The fourth-order valence-electron chi connectivity index (χ4n) is 9.01. The van der Waals surface area contributed by atoms with Crippen LogP contribution in [0, 0.1) is 0 Å². The molecular weight excluding hydrogens is 890 g/mol. The molecule has 0 aliphatic carbocycles. The van der Waals surface area contributed by atoms with Crippen LogP contribution in [0.5, 0.6) is 0 Å². The van der Waals surface area contributed by atoms with E-state index < -0.39 is 51.1 Å². The molecule has 0 radical (unpaired) electrons. The normalized spacial score (nSPS) is 13.3. The van der Waals surface area contributed by atoms with Crippen molar-refractivity contribution in [2.45, 2.75) is 328 Å². The number of carboxylic acids is 1. The fraction of sp³-hybridized carbons (Fsp3) is 0.947. The van der Waals surface area contributed by atoms with Gasteiger partial charge >= 0.3 is 25.7 Å². The third-order valence-corrected chi connectivity index (χ3v) is 14.6. The number of carboxylic acid groups (broad SMARTS) is 1. The van der Waals surface area contributed by atoms with Gasteiger partial charge < -0.3 is 25.2 Å². The molecule has 0 aromatic carbocycles. The summed E-state index contributed by atoms with van der Waals surface area (Å²) in [5, 5.41) is 8.95. The molecule has 0 fully saturated rings. The molecule has 12 heteroatoms. The summed E-state index contributed by atoms with van der Waals surface area (Å²) in [6.45, 7) is 2.90. The summed E-state index contributed by atoms with van der Waals surface area (Å²) in [6.07, 6.45) is 57.5. The van der Waals surface area contributed by atoms with Crippen molar-refractivity contribution < 1.29 is 47.5 Å². The maximum Gasteiger partial charge on any atom is 0.472 e. The molecular formula is C57H112NO10P. The molecule has 69 heavy (non-hydrogen) atoms. The average Bonchev–Trinajstić information content (AvgIpc) is 3.33. The summed E-state index contributed by atoms with van der Waals surface area (Å²) in [5.41, 5.74) is 5.37. The van der Waals surface area contributed by atoms with Crippen LogP contribution in [0.25, 0.3) is 0 Å². The maximum atomic E-state index is 12.7. The van der Waals surface area contributed by atoms with Crippen molar-refractivity contribution in [1.29, 1.82) is 0 Å². The van der Waals surface area contributed by atoms with Gasteiger partial charge in [0.25, 0.3) is 0 Å². The first-order valence-electron chi connectivity index (χ1n) is 29.6. The van der Waals surface area contributed by atoms with Gasteiger partial charge in [0, 0.05) is 12.8 Å². The zero-order valence-corrected chi connectivity index (χ0v) is 46.1. The number of aliphatic carboxylic acids is 1. The predicted octanol–water partition coefficient (Wildman–Crippen LogP) is 17.4. The fourth-order valence-corrected chi connectivity index (χ4v) is 9.79. The van der Waals surface area contributed by atoms with E-state index in [0.29, 0.717) is 12.8 Å². The minimum Gasteiger partial charge on any atom is -0.480 e. The van der Waals surface area contributed by atoms with Crippen molar-refractivity contribution in [3.8, 4) is 0 Å². The lowest BCUT2D eigenvalue weighted by Gasteiger charge is -2.20. The summed E-state index contributed by atoms with van der Waals surface area (Å²) >= 11 is 0. The molecule has 0 amide bonds. The Bertz CT molecular complexity index is 1170. The Morgan fingerprint density at radius 2 is 0.638 bits per heavy atom. The van der Waals surface area contributed by atoms with Gasteiger partial charge in [-0.25, -0.2) is 4.57 Å². The van der Waals surface area contributed by atoms with Gasteiger partial charge in [-0.3, -0.25) is 23.4 Å². The van der Waals surface area contributed by atoms with Crippen LogP contribution < -0.4 is 5.73 Å². The number of unbranched alkanes of at least 4 members (excludes halogenated alkanes) is 43. The first kappa shape index (κ1) is 67.5. The van der Waals surface area contributed by atoms with Crippen LogP contribution in [0.4, 0.5) is 0 Å². The molecule has 0 aromatic heterocycles. The van der Waals surface area contributed by atoms with Gasteiger partial charge in [-0.2, -0.15) is 0 Å². The third-order valence-electron chi connectivity index (χ3n) is 13.6. The number of phosphoric acid groups is 1. The summed E-state index contributed by atoms with van der Waals surface area (Å²) in [4.78, 5) is 46.4. The number of ether oxygens (including phenoxy) is 2. The topological polar surface area (TPSA) is 172 Å². The number of hydrogen-bond acceptors (Lipinski definition) is 9. The number of carbonyl (C=O) groups excluding carboxylic acids is 2. The van der Waals surface area contributed by atoms with E-state index in [-0.39, 0.29) is 19.4 Å². The van der Waals surface area contributed by atoms with Crippen molar-refractivity contribution in [1.82, 2.24) is 0 Å². The Balaban J connectivity index is 4.09. The second-order valence-electron chi connectivity index (χ2n) is 20.5. The lowest BCUT2D eigenvalue weighted by Crippen LogP contribution is -2.34. The highest BCUT2D eigenvalue weighted by Crippen LogP contribution is 2.43. The Kier molecular flexibility index (Phi) is 51.6. The molecule has 0 aliphatic heterocycles. The molecule has 3 unspecified atom stereocenters. The van der Waals surface area contributed by atoms with E-state index in [1.54, 1.807) is 0 Å². The highest BCUT2D eigenvalue weighted by atomic mass is 31.2. The monoisotopic (exact) mass is 1000 g/mol. The van der Waals surface area contributed by atoms with Crippen molar-refractivity contribution >= 4 is 25.7 Å². The van der Waals surface area contributed by atoms with Crippen LogP contribution >= 0.6 is 7.82 Å².